The molecule has 1 aromatic heterocycles. The summed E-state index contributed by atoms with van der Waals surface area (Å²) < 4.78 is 7.37. The van der Waals surface area contributed by atoms with Gasteiger partial charge in [-0.15, -0.1) is 0 Å². The zero-order valence-corrected chi connectivity index (χ0v) is 13.2. The van der Waals surface area contributed by atoms with E-state index in [2.05, 4.69) is 32.1 Å². The molecule has 2 heterocycles. The van der Waals surface area contributed by atoms with Crippen molar-refractivity contribution in [2.75, 3.05) is 0 Å². The first-order valence-corrected chi connectivity index (χ1v) is 7.80. The summed E-state index contributed by atoms with van der Waals surface area (Å²) >= 11 is 0. The third-order valence-corrected chi connectivity index (χ3v) is 3.74. The third-order valence-electron chi connectivity index (χ3n) is 3.74. The summed E-state index contributed by atoms with van der Waals surface area (Å²) in [6.45, 7) is 0. The smallest absolute Gasteiger partial charge is 0.347 e. The van der Waals surface area contributed by atoms with E-state index in [0.717, 1.165) is 5.75 Å². The van der Waals surface area contributed by atoms with Crippen molar-refractivity contribution in [1.29, 1.82) is 0 Å². The second-order valence-electron chi connectivity index (χ2n) is 5.49. The number of hydrazine groups is 3. The lowest BCUT2D eigenvalue weighted by molar-refractivity contribution is 0.482. The van der Waals surface area contributed by atoms with Crippen molar-refractivity contribution >= 4 is 0 Å². The Morgan fingerprint density at radius 2 is 1.76 bits per heavy atom. The van der Waals surface area contributed by atoms with Gasteiger partial charge in [0.1, 0.15) is 17.3 Å². The minimum Gasteiger partial charge on any atom is -0.457 e. The number of aromatic amines is 1. The maximum Gasteiger partial charge on any atom is 0.347 e. The van der Waals surface area contributed by atoms with E-state index in [-0.39, 0.29) is 11.9 Å². The lowest BCUT2D eigenvalue weighted by atomic mass is 10.2. The standard InChI is InChI=1S/C16H17N7O2/c24-16-20-19-15(10-14-17-21-22-18-14)23(16)11-5-4-8-13(9-11)25-12-6-2-1-3-7-12/h1-9,14,17-18,21-22H,10H2,(H,20,24). The monoisotopic (exact) mass is 339 g/mol. The van der Waals surface area contributed by atoms with E-state index in [1.807, 2.05) is 48.5 Å². The van der Waals surface area contributed by atoms with Crippen LogP contribution in [-0.2, 0) is 6.42 Å². The summed E-state index contributed by atoms with van der Waals surface area (Å²) in [5.74, 6) is 1.97. The van der Waals surface area contributed by atoms with Crippen LogP contribution in [0.4, 0.5) is 0 Å². The number of nitrogens with zero attached hydrogens (tertiary/aromatic N) is 2. The maximum atomic E-state index is 12.2. The molecule has 1 aliphatic rings. The molecule has 0 unspecified atom stereocenters. The van der Waals surface area contributed by atoms with Gasteiger partial charge in [-0.1, -0.05) is 24.3 Å². The van der Waals surface area contributed by atoms with Crippen LogP contribution in [-0.4, -0.2) is 20.9 Å². The van der Waals surface area contributed by atoms with E-state index in [9.17, 15) is 4.79 Å². The molecule has 1 fully saturated rings. The zero-order valence-electron chi connectivity index (χ0n) is 13.2. The van der Waals surface area contributed by atoms with Crippen LogP contribution >= 0.6 is 0 Å². The Kier molecular flexibility index (Phi) is 4.27. The lowest BCUT2D eigenvalue weighted by Crippen LogP contribution is -2.37. The Bertz CT molecular complexity index is 900. The zero-order chi connectivity index (χ0) is 17.1. The van der Waals surface area contributed by atoms with Crippen molar-refractivity contribution in [2.45, 2.75) is 12.6 Å². The number of H-pyrrole nitrogens is 1. The van der Waals surface area contributed by atoms with E-state index in [1.54, 1.807) is 6.07 Å². The number of aromatic nitrogens is 3. The Labute approximate surface area is 142 Å². The normalized spacial score (nSPS) is 14.7. The summed E-state index contributed by atoms with van der Waals surface area (Å²) in [6.07, 6.45) is 0.389. The van der Waals surface area contributed by atoms with Crippen LogP contribution < -0.4 is 32.3 Å². The highest BCUT2D eigenvalue weighted by molar-refractivity contribution is 5.41. The largest absolute Gasteiger partial charge is 0.457 e. The first-order chi connectivity index (χ1) is 12.3. The van der Waals surface area contributed by atoms with Crippen molar-refractivity contribution in [3.63, 3.8) is 0 Å². The molecule has 3 aromatic rings. The molecular formula is C16H17N7O2. The van der Waals surface area contributed by atoms with E-state index in [0.29, 0.717) is 23.7 Å². The first kappa shape index (κ1) is 15.5. The molecule has 4 rings (SSSR count). The molecule has 0 saturated carbocycles. The molecule has 1 aliphatic heterocycles. The van der Waals surface area contributed by atoms with Crippen molar-refractivity contribution in [1.82, 2.24) is 36.7 Å². The average molecular weight is 339 g/mol. The average Bonchev–Trinajstić information content (AvgIpc) is 3.26. The highest BCUT2D eigenvalue weighted by atomic mass is 16.5. The van der Waals surface area contributed by atoms with Crippen molar-refractivity contribution in [2.24, 2.45) is 0 Å². The quantitative estimate of drug-likeness (QED) is 0.456. The molecular weight excluding hydrogens is 322 g/mol. The minimum atomic E-state index is -0.300. The minimum absolute atomic E-state index is 0.0994. The number of ether oxygens (including phenoxy) is 1. The predicted octanol–water partition coefficient (Wildman–Crippen LogP) is 0.339. The maximum absolute atomic E-state index is 12.2. The molecule has 5 N–H and O–H groups in total. The first-order valence-electron chi connectivity index (χ1n) is 7.80. The second-order valence-corrected chi connectivity index (χ2v) is 5.49. The number of hydrogen-bond acceptors (Lipinski definition) is 7. The van der Waals surface area contributed by atoms with Crippen molar-refractivity contribution in [3.8, 4) is 17.2 Å². The number of para-hydroxylation sites is 1. The summed E-state index contributed by atoms with van der Waals surface area (Å²) in [5, 5.41) is 6.62. The summed E-state index contributed by atoms with van der Waals surface area (Å²) in [5.41, 5.74) is 11.8. The highest BCUT2D eigenvalue weighted by Crippen LogP contribution is 2.23. The van der Waals surface area contributed by atoms with Gasteiger partial charge in [0, 0.05) is 12.5 Å². The molecule has 0 aliphatic carbocycles. The topological polar surface area (TPSA) is 108 Å². The van der Waals surface area contributed by atoms with Crippen LogP contribution in [0.1, 0.15) is 5.82 Å². The van der Waals surface area contributed by atoms with E-state index >= 15 is 0 Å². The van der Waals surface area contributed by atoms with Crippen LogP contribution in [0.5, 0.6) is 11.5 Å². The van der Waals surface area contributed by atoms with Crippen molar-refractivity contribution in [3.05, 3.63) is 70.9 Å². The molecule has 9 nitrogen and oxygen atoms in total. The molecule has 128 valence electrons. The molecule has 9 heteroatoms. The highest BCUT2D eigenvalue weighted by Gasteiger charge is 2.19. The van der Waals surface area contributed by atoms with Gasteiger partial charge < -0.3 is 4.74 Å². The summed E-state index contributed by atoms with van der Waals surface area (Å²) in [7, 11) is 0. The number of hydrogen-bond donors (Lipinski definition) is 5. The fraction of sp³-hybridized carbons (Fsp3) is 0.125. The molecule has 25 heavy (non-hydrogen) atoms. The van der Waals surface area contributed by atoms with E-state index in [4.69, 9.17) is 4.74 Å². The van der Waals surface area contributed by atoms with Gasteiger partial charge in [0.25, 0.3) is 0 Å². The van der Waals surface area contributed by atoms with Crippen LogP contribution in [0.15, 0.2) is 59.4 Å². The van der Waals surface area contributed by atoms with Gasteiger partial charge in [0.2, 0.25) is 0 Å². The molecule has 2 aromatic carbocycles. The van der Waals surface area contributed by atoms with Crippen LogP contribution in [0.2, 0.25) is 0 Å². The summed E-state index contributed by atoms with van der Waals surface area (Å²) in [4.78, 5) is 12.2. The van der Waals surface area contributed by atoms with Crippen LogP contribution in [0, 0.1) is 0 Å². The van der Waals surface area contributed by atoms with Gasteiger partial charge in [-0.3, -0.25) is 0 Å². The fourth-order valence-electron chi connectivity index (χ4n) is 2.61. The molecule has 0 bridgehead atoms. The third kappa shape index (κ3) is 3.44. The molecule has 0 spiro atoms. The molecule has 0 radical (unpaired) electrons. The summed E-state index contributed by atoms with van der Waals surface area (Å²) in [6, 6.07) is 16.8. The fourth-order valence-corrected chi connectivity index (χ4v) is 2.61. The van der Waals surface area contributed by atoms with E-state index < -0.39 is 0 Å². The Balaban J connectivity index is 1.62. The lowest BCUT2D eigenvalue weighted by Gasteiger charge is -2.11. The number of benzene rings is 2. The molecule has 0 atom stereocenters. The Morgan fingerprint density at radius 1 is 1.00 bits per heavy atom. The van der Waals surface area contributed by atoms with E-state index in [1.165, 1.54) is 4.57 Å². The van der Waals surface area contributed by atoms with Gasteiger partial charge in [0.05, 0.1) is 11.9 Å². The van der Waals surface area contributed by atoms with Crippen molar-refractivity contribution < 1.29 is 4.74 Å². The van der Waals surface area contributed by atoms with Gasteiger partial charge in [-0.2, -0.15) is 16.2 Å². The van der Waals surface area contributed by atoms with Crippen LogP contribution in [0.25, 0.3) is 5.69 Å². The molecule has 1 saturated heterocycles. The predicted molar refractivity (Wildman–Crippen MR) is 90.7 cm³/mol. The SMILES string of the molecule is O=c1[nH]nc(CC2NNNN2)n1-c1cccc(Oc2ccccc2)c1. The van der Waals surface area contributed by atoms with Gasteiger partial charge >= 0.3 is 5.69 Å². The molecule has 0 amide bonds. The second kappa shape index (κ2) is 6.87. The number of rotatable bonds is 5. The van der Waals surface area contributed by atoms with Gasteiger partial charge in [-0.25, -0.2) is 25.3 Å². The Hall–Kier alpha value is -2.98. The van der Waals surface area contributed by atoms with Crippen LogP contribution in [0.3, 0.4) is 0 Å². The Morgan fingerprint density at radius 3 is 2.56 bits per heavy atom. The van der Waals surface area contributed by atoms with Gasteiger partial charge in [0.15, 0.2) is 0 Å². The number of nitrogens with one attached hydrogen (secondary N) is 5. The van der Waals surface area contributed by atoms with Gasteiger partial charge in [-0.05, 0) is 24.3 Å².